The van der Waals surface area contributed by atoms with Gasteiger partial charge in [0.05, 0.1) is 73.6 Å². The summed E-state index contributed by atoms with van der Waals surface area (Å²) < 4.78 is 32.9. The van der Waals surface area contributed by atoms with Crippen LogP contribution in [0.25, 0.3) is 33.4 Å². The first-order chi connectivity index (χ1) is 34.1. The van der Waals surface area contributed by atoms with E-state index in [-0.39, 0.29) is 36.7 Å². The summed E-state index contributed by atoms with van der Waals surface area (Å²) in [6, 6.07) is 6.94. The molecule has 0 radical (unpaired) electrons. The molecule has 9 heterocycles. The summed E-state index contributed by atoms with van der Waals surface area (Å²) in [6.45, 7) is 14.9. The van der Waals surface area contributed by atoms with Gasteiger partial charge in [-0.2, -0.15) is 4.99 Å². The summed E-state index contributed by atoms with van der Waals surface area (Å²) in [4.78, 5) is 63.4. The fourth-order valence-electron chi connectivity index (χ4n) is 11.7. The number of fused-ring (bicyclic) bond motifs is 4. The zero-order valence-corrected chi connectivity index (χ0v) is 41.8. The molecule has 1 amide bonds. The minimum Gasteiger partial charge on any atom is -0.464 e. The standard InChI is InChI=1S/C52H67N9O8S/c1-32(65-4)44-40(26-37(28-53-44)58-13-11-57(12-14-58)35-6-7-35)47-41-27-52(2,3)30-69-51(64)45-34-23-36(24-34)61(56-45)50(63)46(54-31-62)48(59-15-20-67-21-16-59)49-55-42(29-70-49)33-5-8-43(39(41)25-33)60(47)17-22-68-38-9-18-66-19-10-38/h5,8,25-26,28-29,32,34-36,38,45-46,48,56H,6-7,9-24,27,30H2,1-4H3/t32-,34?,36?,45-,46-,48-/m0/s1. The second-order valence-corrected chi connectivity index (χ2v) is 22.0. The number of amides is 1. The third-order valence-electron chi connectivity index (χ3n) is 15.9. The Hall–Kier alpha value is -4.62. The molecule has 3 aromatic heterocycles. The quantitative estimate of drug-likeness (QED) is 0.110. The van der Waals surface area contributed by atoms with Gasteiger partial charge >= 0.3 is 5.97 Å². The number of hydrazine groups is 1. The first kappa shape index (κ1) is 47.7. The molecule has 2 aliphatic carbocycles. The van der Waals surface area contributed by atoms with Crippen LogP contribution in [-0.4, -0.2) is 164 Å². The zero-order valence-electron chi connectivity index (χ0n) is 41.0. The van der Waals surface area contributed by atoms with Crippen molar-refractivity contribution < 1.29 is 38.1 Å². The highest BCUT2D eigenvalue weighted by Gasteiger charge is 2.53. The first-order valence-electron chi connectivity index (χ1n) is 25.5. The number of methoxy groups -OCH3 is 1. The molecule has 5 saturated heterocycles. The Morgan fingerprint density at radius 3 is 2.49 bits per heavy atom. The molecule has 8 bridgehead atoms. The van der Waals surface area contributed by atoms with Crippen LogP contribution < -0.4 is 10.3 Å². The van der Waals surface area contributed by atoms with Crippen LogP contribution >= 0.6 is 11.3 Å². The lowest BCUT2D eigenvalue weighted by Gasteiger charge is -2.53. The summed E-state index contributed by atoms with van der Waals surface area (Å²) >= 11 is 1.46. The molecule has 70 heavy (non-hydrogen) atoms. The number of aromatic nitrogens is 3. The topological polar surface area (TPSA) is 165 Å². The number of morpholine rings is 1. The van der Waals surface area contributed by atoms with Gasteiger partial charge in [-0.3, -0.25) is 29.4 Å². The van der Waals surface area contributed by atoms with E-state index < -0.39 is 29.5 Å². The number of piperazine rings is 1. The smallest absolute Gasteiger partial charge is 0.325 e. The molecule has 4 aromatic rings. The Kier molecular flexibility index (Phi) is 13.7. The number of anilines is 1. The monoisotopic (exact) mass is 977 g/mol. The first-order valence-corrected chi connectivity index (χ1v) is 26.4. The van der Waals surface area contributed by atoms with Gasteiger partial charge in [-0.05, 0) is 81.5 Å². The minimum atomic E-state index is -1.15. The maximum absolute atomic E-state index is 14.8. The van der Waals surface area contributed by atoms with E-state index in [1.807, 2.05) is 11.6 Å². The minimum absolute atomic E-state index is 0.0175. The molecule has 2 saturated carbocycles. The number of carbonyl (C=O) groups is 2. The molecule has 0 unspecified atom stereocenters. The molecular formula is C52H67N9O8S. The van der Waals surface area contributed by atoms with Crippen molar-refractivity contribution in [2.24, 2.45) is 16.3 Å². The normalized spacial score (nSPS) is 27.4. The number of nitrogens with one attached hydrogen (secondary N) is 1. The number of thiazole rings is 1. The van der Waals surface area contributed by atoms with Gasteiger partial charge < -0.3 is 33.2 Å². The van der Waals surface area contributed by atoms with Gasteiger partial charge in [0, 0.05) is 111 Å². The van der Waals surface area contributed by atoms with Crippen LogP contribution in [0.4, 0.5) is 5.69 Å². The van der Waals surface area contributed by atoms with Crippen LogP contribution in [0, 0.1) is 11.3 Å². The van der Waals surface area contributed by atoms with Crippen molar-refractivity contribution in [3.63, 3.8) is 0 Å². The lowest BCUT2D eigenvalue weighted by Crippen LogP contribution is -2.71. The molecule has 374 valence electrons. The second kappa shape index (κ2) is 20.1. The molecule has 1 N–H and O–H groups in total. The number of esters is 1. The summed E-state index contributed by atoms with van der Waals surface area (Å²) in [5.41, 5.74) is 10.6. The third kappa shape index (κ3) is 9.47. The molecular weight excluding hydrogens is 911 g/mol. The third-order valence-corrected chi connectivity index (χ3v) is 16.8. The zero-order chi connectivity index (χ0) is 48.1. The lowest BCUT2D eigenvalue weighted by molar-refractivity contribution is -0.171. The molecule has 8 aliphatic rings. The maximum Gasteiger partial charge on any atom is 0.325 e. The number of aliphatic imine (C=N–C) groups is 1. The number of nitrogens with zero attached hydrogens (tertiary/aromatic N) is 8. The number of rotatable bonds is 11. The summed E-state index contributed by atoms with van der Waals surface area (Å²) in [5, 5.41) is 5.31. The second-order valence-electron chi connectivity index (χ2n) is 21.1. The van der Waals surface area contributed by atoms with Gasteiger partial charge in [0.15, 0.2) is 6.04 Å². The van der Waals surface area contributed by atoms with Crippen LogP contribution in [0.15, 0.2) is 40.8 Å². The molecule has 4 atom stereocenters. The van der Waals surface area contributed by atoms with Gasteiger partial charge in [-0.15, -0.1) is 11.3 Å². The Morgan fingerprint density at radius 1 is 0.971 bits per heavy atom. The van der Waals surface area contributed by atoms with Gasteiger partial charge in [-0.25, -0.2) is 15.2 Å². The van der Waals surface area contributed by atoms with Crippen LogP contribution in [0.1, 0.15) is 87.7 Å². The van der Waals surface area contributed by atoms with Crippen molar-refractivity contribution in [3.05, 3.63) is 52.1 Å². The number of benzene rings is 1. The highest BCUT2D eigenvalue weighted by Crippen LogP contribution is 2.45. The fourth-order valence-corrected chi connectivity index (χ4v) is 12.7. The van der Waals surface area contributed by atoms with E-state index in [0.29, 0.717) is 76.9 Å². The van der Waals surface area contributed by atoms with Crippen molar-refractivity contribution in [1.29, 1.82) is 0 Å². The van der Waals surface area contributed by atoms with E-state index in [9.17, 15) is 14.4 Å². The Labute approximate surface area is 413 Å². The van der Waals surface area contributed by atoms with E-state index >= 15 is 0 Å². The number of pyridine rings is 1. The van der Waals surface area contributed by atoms with Gasteiger partial charge in [0.1, 0.15) is 11.0 Å². The molecule has 0 spiro atoms. The van der Waals surface area contributed by atoms with Gasteiger partial charge in [-0.1, -0.05) is 19.9 Å². The summed E-state index contributed by atoms with van der Waals surface area (Å²) in [7, 11) is 1.74. The van der Waals surface area contributed by atoms with E-state index in [1.54, 1.807) is 18.2 Å². The Morgan fingerprint density at radius 2 is 1.74 bits per heavy atom. The number of ether oxygens (including phenoxy) is 5. The molecule has 6 aliphatic heterocycles. The summed E-state index contributed by atoms with van der Waals surface area (Å²) in [6.07, 6.45) is 9.76. The number of cyclic esters (lactones) is 1. The van der Waals surface area contributed by atoms with E-state index in [0.717, 1.165) is 95.4 Å². The van der Waals surface area contributed by atoms with Crippen LogP contribution in [-0.2, 0) is 51.0 Å². The van der Waals surface area contributed by atoms with E-state index in [1.165, 1.54) is 24.2 Å². The highest BCUT2D eigenvalue weighted by atomic mass is 32.1. The van der Waals surface area contributed by atoms with Gasteiger partial charge in [0.2, 0.25) is 6.08 Å². The highest BCUT2D eigenvalue weighted by molar-refractivity contribution is 7.10. The average Bonchev–Trinajstić information content (AvgIpc) is 4.05. The van der Waals surface area contributed by atoms with Crippen molar-refractivity contribution in [3.8, 4) is 22.5 Å². The molecule has 18 heteroatoms. The lowest BCUT2D eigenvalue weighted by atomic mass is 9.73. The number of hydrogen-bond acceptors (Lipinski definition) is 16. The number of carbonyl (C=O) groups excluding carboxylic acids is 3. The molecule has 12 rings (SSSR count). The Balaban J connectivity index is 1.07. The number of isocyanates is 1. The van der Waals surface area contributed by atoms with Crippen LogP contribution in [0.3, 0.4) is 0 Å². The van der Waals surface area contributed by atoms with E-state index in [4.69, 9.17) is 33.7 Å². The van der Waals surface area contributed by atoms with Crippen molar-refractivity contribution in [2.45, 2.75) is 115 Å². The van der Waals surface area contributed by atoms with Crippen LogP contribution in [0.5, 0.6) is 0 Å². The van der Waals surface area contributed by atoms with Crippen molar-refractivity contribution in [2.75, 3.05) is 90.9 Å². The predicted octanol–water partition coefficient (Wildman–Crippen LogP) is 5.71. The van der Waals surface area contributed by atoms with Crippen molar-refractivity contribution >= 4 is 45.9 Å². The predicted molar refractivity (Wildman–Crippen MR) is 264 cm³/mol. The van der Waals surface area contributed by atoms with Crippen LogP contribution in [0.2, 0.25) is 0 Å². The van der Waals surface area contributed by atoms with Gasteiger partial charge in [0.25, 0.3) is 5.91 Å². The summed E-state index contributed by atoms with van der Waals surface area (Å²) in [5.74, 6) is -0.769. The van der Waals surface area contributed by atoms with Crippen molar-refractivity contribution in [1.82, 2.24) is 34.8 Å². The largest absolute Gasteiger partial charge is 0.464 e. The van der Waals surface area contributed by atoms with E-state index in [2.05, 4.69) is 74.7 Å². The number of hydrogen-bond donors (Lipinski definition) is 1. The SMILES string of the molecule is CO[C@@H](C)c1ncc(N2CCN(C3CC3)CC2)cc1-c1c2c3cc(ccc3n1CCOC1CCOCC1)-c1csc(n1)[C@@H](N1CCOCC1)[C@H](N=C=O)C(=O)N1N[C@H](C(=O)OCC(C)(C)C2)C2CC1C2. The maximum atomic E-state index is 14.8. The molecule has 7 fully saturated rings. The Bertz CT molecular complexity index is 2600. The fraction of sp³-hybridized carbons (Fsp3) is 0.635. The molecule has 1 aromatic carbocycles. The average molecular weight is 978 g/mol. The molecule has 17 nitrogen and oxygen atoms in total.